The summed E-state index contributed by atoms with van der Waals surface area (Å²) in [6, 6.07) is 13.8. The van der Waals surface area contributed by atoms with Crippen LogP contribution in [-0.2, 0) is 16.6 Å². The van der Waals surface area contributed by atoms with Crippen LogP contribution in [-0.4, -0.2) is 48.5 Å². The van der Waals surface area contributed by atoms with Crippen molar-refractivity contribution in [1.82, 2.24) is 4.31 Å². The SMILES string of the molecule is CC(C)C[C@@H]1CN(c2ccccc2)c2cc(Cl)c(-c3cc(C(=O)O)sc3CO)cc2S(=O)(=O)N1C. The van der Waals surface area contributed by atoms with Gasteiger partial charge in [0.15, 0.2) is 0 Å². The topological polar surface area (TPSA) is 98.1 Å². The number of carboxylic acids is 1. The molecule has 2 heterocycles. The number of halogens is 1. The highest BCUT2D eigenvalue weighted by Crippen LogP contribution is 2.44. The number of nitrogens with zero attached hydrogens (tertiary/aromatic N) is 2. The van der Waals surface area contributed by atoms with Crippen LogP contribution in [0, 0.1) is 5.92 Å². The maximum absolute atomic E-state index is 13.9. The Labute approximate surface area is 214 Å². The Bertz CT molecular complexity index is 1360. The number of carboxylic acid groups (broad SMARTS) is 1. The van der Waals surface area contributed by atoms with E-state index in [2.05, 4.69) is 13.8 Å². The second-order valence-corrected chi connectivity index (χ2v) is 12.5. The van der Waals surface area contributed by atoms with E-state index in [0.717, 1.165) is 17.0 Å². The van der Waals surface area contributed by atoms with E-state index in [9.17, 15) is 23.4 Å². The van der Waals surface area contributed by atoms with Gasteiger partial charge in [-0.2, -0.15) is 4.31 Å². The number of para-hydroxylation sites is 1. The summed E-state index contributed by atoms with van der Waals surface area (Å²) in [6.07, 6.45) is 0.675. The fraction of sp³-hybridized carbons (Fsp3) is 0.320. The van der Waals surface area contributed by atoms with Crippen molar-refractivity contribution >= 4 is 50.3 Å². The summed E-state index contributed by atoms with van der Waals surface area (Å²) in [5.41, 5.74) is 2.08. The maximum Gasteiger partial charge on any atom is 0.345 e. The Kier molecular flexibility index (Phi) is 7.26. The molecule has 0 fully saturated rings. The number of fused-ring (bicyclic) bond motifs is 1. The first-order valence-electron chi connectivity index (χ1n) is 11.2. The molecule has 4 rings (SSSR count). The van der Waals surface area contributed by atoms with E-state index in [1.165, 1.54) is 16.4 Å². The Hall–Kier alpha value is -2.43. The number of aromatic carboxylic acids is 1. The van der Waals surface area contributed by atoms with Crippen molar-refractivity contribution in [2.24, 2.45) is 5.92 Å². The standard InChI is InChI=1S/C25H27ClN2O5S2/c1-15(2)9-17-13-28(16-7-5-4-6-8-16)21-12-20(26)18(11-24(21)35(32,33)27(17)3)19-10-22(25(30)31)34-23(19)14-29/h4-8,10-12,15,17,29H,9,13-14H2,1-3H3,(H,30,31)/t17-/m1/s1. The number of anilines is 2. The molecule has 7 nitrogen and oxygen atoms in total. The molecule has 3 aromatic rings. The summed E-state index contributed by atoms with van der Waals surface area (Å²) in [5, 5.41) is 19.5. The van der Waals surface area contributed by atoms with Gasteiger partial charge in [0.2, 0.25) is 10.0 Å². The van der Waals surface area contributed by atoms with Gasteiger partial charge in [0.05, 0.1) is 17.3 Å². The molecule has 0 saturated carbocycles. The number of carbonyl (C=O) groups is 1. The normalized spacial score (nSPS) is 17.9. The van der Waals surface area contributed by atoms with Gasteiger partial charge in [-0.3, -0.25) is 0 Å². The van der Waals surface area contributed by atoms with Crippen LogP contribution < -0.4 is 4.90 Å². The van der Waals surface area contributed by atoms with Crippen LogP contribution in [0.25, 0.3) is 11.1 Å². The first kappa shape index (κ1) is 25.7. The average molecular weight is 535 g/mol. The lowest BCUT2D eigenvalue weighted by Gasteiger charge is -2.30. The predicted molar refractivity (Wildman–Crippen MR) is 139 cm³/mol. The molecular formula is C25H27ClN2O5S2. The first-order chi connectivity index (χ1) is 16.5. The fourth-order valence-electron chi connectivity index (χ4n) is 4.44. The molecule has 0 spiro atoms. The van der Waals surface area contributed by atoms with Gasteiger partial charge in [0.25, 0.3) is 0 Å². The molecule has 0 aliphatic carbocycles. The smallest absolute Gasteiger partial charge is 0.345 e. The van der Waals surface area contributed by atoms with Crippen LogP contribution in [0.4, 0.5) is 11.4 Å². The highest BCUT2D eigenvalue weighted by atomic mass is 35.5. The third-order valence-electron chi connectivity index (χ3n) is 6.17. The summed E-state index contributed by atoms with van der Waals surface area (Å²) >= 11 is 7.65. The fourth-order valence-corrected chi connectivity index (χ4v) is 7.13. The number of hydrogen-bond acceptors (Lipinski definition) is 6. The van der Waals surface area contributed by atoms with Crippen molar-refractivity contribution in [1.29, 1.82) is 0 Å². The monoisotopic (exact) mass is 534 g/mol. The molecule has 0 unspecified atom stereocenters. The lowest BCUT2D eigenvalue weighted by atomic mass is 10.0. The number of hydrogen-bond donors (Lipinski definition) is 2. The van der Waals surface area contributed by atoms with Gasteiger partial charge < -0.3 is 15.1 Å². The second-order valence-electron chi connectivity index (χ2n) is 8.96. The number of aliphatic hydroxyl groups is 1. The van der Waals surface area contributed by atoms with Gasteiger partial charge in [0, 0.05) is 41.3 Å². The Balaban J connectivity index is 1.98. The molecule has 1 aromatic heterocycles. The van der Waals surface area contributed by atoms with Crippen LogP contribution in [0.2, 0.25) is 5.02 Å². The van der Waals surface area contributed by atoms with Crippen LogP contribution in [0.3, 0.4) is 0 Å². The van der Waals surface area contributed by atoms with Crippen molar-refractivity contribution in [3.63, 3.8) is 0 Å². The van der Waals surface area contributed by atoms with Gasteiger partial charge in [-0.05, 0) is 42.7 Å². The Morgan fingerprint density at radius 3 is 2.46 bits per heavy atom. The molecule has 35 heavy (non-hydrogen) atoms. The molecule has 0 amide bonds. The summed E-state index contributed by atoms with van der Waals surface area (Å²) in [7, 11) is -2.31. The van der Waals surface area contributed by atoms with E-state index in [-0.39, 0.29) is 33.4 Å². The number of rotatable bonds is 6. The van der Waals surface area contributed by atoms with E-state index in [0.29, 0.717) is 34.7 Å². The highest BCUT2D eigenvalue weighted by Gasteiger charge is 2.38. The summed E-state index contributed by atoms with van der Waals surface area (Å²) in [4.78, 5) is 14.0. The number of thiophene rings is 1. The molecule has 1 aliphatic heterocycles. The Morgan fingerprint density at radius 1 is 1.17 bits per heavy atom. The minimum Gasteiger partial charge on any atom is -0.477 e. The van der Waals surface area contributed by atoms with Gasteiger partial charge in [-0.1, -0.05) is 43.6 Å². The molecule has 1 atom stereocenters. The Morgan fingerprint density at radius 2 is 1.86 bits per heavy atom. The van der Waals surface area contributed by atoms with E-state index in [1.807, 2.05) is 35.2 Å². The van der Waals surface area contributed by atoms with Crippen LogP contribution in [0.1, 0.15) is 34.8 Å². The van der Waals surface area contributed by atoms with Crippen LogP contribution in [0.15, 0.2) is 53.4 Å². The zero-order chi connectivity index (χ0) is 25.5. The molecule has 0 bridgehead atoms. The minimum absolute atomic E-state index is 0.0398. The van der Waals surface area contributed by atoms with Gasteiger partial charge in [-0.15, -0.1) is 11.3 Å². The quantitative estimate of drug-likeness (QED) is 0.436. The number of sulfonamides is 1. The van der Waals surface area contributed by atoms with Crippen molar-refractivity contribution in [3.8, 4) is 11.1 Å². The highest BCUT2D eigenvalue weighted by molar-refractivity contribution is 7.89. The molecular weight excluding hydrogens is 508 g/mol. The molecule has 186 valence electrons. The van der Waals surface area contributed by atoms with Crippen molar-refractivity contribution in [2.75, 3.05) is 18.5 Å². The van der Waals surface area contributed by atoms with Crippen LogP contribution in [0.5, 0.6) is 0 Å². The molecule has 2 N–H and O–H groups in total. The second kappa shape index (κ2) is 9.91. The predicted octanol–water partition coefficient (Wildman–Crippen LogP) is 5.45. The van der Waals surface area contributed by atoms with Gasteiger partial charge >= 0.3 is 5.97 Å². The average Bonchev–Trinajstić information content (AvgIpc) is 3.23. The number of aliphatic hydroxyl groups excluding tert-OH is 1. The number of likely N-dealkylation sites (N-methyl/N-ethyl adjacent to an activating group) is 1. The number of benzene rings is 2. The minimum atomic E-state index is -3.91. The summed E-state index contributed by atoms with van der Waals surface area (Å²) < 4.78 is 29.2. The van der Waals surface area contributed by atoms with Crippen molar-refractivity contribution in [2.45, 2.75) is 37.8 Å². The zero-order valence-electron chi connectivity index (χ0n) is 19.6. The van der Waals surface area contributed by atoms with Crippen molar-refractivity contribution in [3.05, 3.63) is 63.3 Å². The van der Waals surface area contributed by atoms with E-state index in [4.69, 9.17) is 11.6 Å². The third kappa shape index (κ3) is 4.83. The van der Waals surface area contributed by atoms with Crippen molar-refractivity contribution < 1.29 is 23.4 Å². The lowest BCUT2D eigenvalue weighted by Crippen LogP contribution is -2.41. The molecule has 10 heteroatoms. The zero-order valence-corrected chi connectivity index (χ0v) is 22.0. The van der Waals surface area contributed by atoms with Gasteiger partial charge in [-0.25, -0.2) is 13.2 Å². The van der Waals surface area contributed by atoms with E-state index >= 15 is 0 Å². The van der Waals surface area contributed by atoms with E-state index in [1.54, 1.807) is 13.1 Å². The molecule has 0 radical (unpaired) electrons. The molecule has 0 saturated heterocycles. The largest absolute Gasteiger partial charge is 0.477 e. The molecule has 2 aromatic carbocycles. The summed E-state index contributed by atoms with van der Waals surface area (Å²) in [6.45, 7) is 4.19. The summed E-state index contributed by atoms with van der Waals surface area (Å²) in [5.74, 6) is -0.844. The van der Waals surface area contributed by atoms with Gasteiger partial charge in [0.1, 0.15) is 9.77 Å². The van der Waals surface area contributed by atoms with E-state index < -0.39 is 16.0 Å². The third-order valence-corrected chi connectivity index (χ3v) is 9.53. The van der Waals surface area contributed by atoms with Crippen LogP contribution >= 0.6 is 22.9 Å². The first-order valence-corrected chi connectivity index (χ1v) is 13.8. The lowest BCUT2D eigenvalue weighted by molar-refractivity contribution is 0.0702. The maximum atomic E-state index is 13.9. The molecule has 1 aliphatic rings.